The van der Waals surface area contributed by atoms with E-state index in [9.17, 15) is 14.4 Å². The number of carbonyl (C=O) groups excluding carboxylic acids is 3. The van der Waals surface area contributed by atoms with Gasteiger partial charge in [0, 0.05) is 13.2 Å². The zero-order chi connectivity index (χ0) is 16.9. The van der Waals surface area contributed by atoms with E-state index in [1.165, 1.54) is 17.7 Å². The van der Waals surface area contributed by atoms with E-state index in [1.54, 1.807) is 13.2 Å². The number of hydrogen-bond donors (Lipinski definition) is 3. The molecule has 1 rings (SSSR count). The molecule has 0 saturated carbocycles. The van der Waals surface area contributed by atoms with Crippen molar-refractivity contribution in [2.75, 3.05) is 19.0 Å². The molecule has 0 radical (unpaired) electrons. The van der Waals surface area contributed by atoms with Crippen LogP contribution in [-0.4, -0.2) is 42.0 Å². The molecular formula is C14H22N4O4. The van der Waals surface area contributed by atoms with Gasteiger partial charge in [-0.1, -0.05) is 13.8 Å². The van der Waals surface area contributed by atoms with Gasteiger partial charge in [-0.15, -0.1) is 0 Å². The summed E-state index contributed by atoms with van der Waals surface area (Å²) in [6.45, 7) is 3.45. The quantitative estimate of drug-likeness (QED) is 0.632. The summed E-state index contributed by atoms with van der Waals surface area (Å²) in [7, 11) is 2.94. The van der Waals surface area contributed by atoms with Crippen LogP contribution in [0, 0.1) is 5.92 Å². The first-order chi connectivity index (χ1) is 10.3. The van der Waals surface area contributed by atoms with Crippen LogP contribution in [0.25, 0.3) is 0 Å². The molecule has 0 fully saturated rings. The van der Waals surface area contributed by atoms with Crippen molar-refractivity contribution in [2.24, 2.45) is 18.7 Å². The highest BCUT2D eigenvalue weighted by atomic mass is 16.5. The van der Waals surface area contributed by atoms with E-state index in [4.69, 9.17) is 5.73 Å². The number of ether oxygens (including phenoxy) is 1. The van der Waals surface area contributed by atoms with Gasteiger partial charge in [0.25, 0.3) is 0 Å². The molecule has 0 unspecified atom stereocenters. The average molecular weight is 310 g/mol. The molecule has 1 atom stereocenters. The van der Waals surface area contributed by atoms with Gasteiger partial charge in [-0.2, -0.15) is 0 Å². The van der Waals surface area contributed by atoms with Gasteiger partial charge in [-0.05, 0) is 12.0 Å². The first-order valence-electron chi connectivity index (χ1n) is 6.84. The number of aryl methyl sites for hydroxylation is 1. The van der Waals surface area contributed by atoms with Gasteiger partial charge >= 0.3 is 5.97 Å². The number of nitrogens with two attached hydrogens (primary N) is 1. The Morgan fingerprint density at radius 3 is 2.55 bits per heavy atom. The van der Waals surface area contributed by atoms with Crippen molar-refractivity contribution in [3.63, 3.8) is 0 Å². The van der Waals surface area contributed by atoms with Crippen molar-refractivity contribution in [3.05, 3.63) is 18.0 Å². The van der Waals surface area contributed by atoms with Crippen LogP contribution in [0.3, 0.4) is 0 Å². The third kappa shape index (κ3) is 4.59. The maximum atomic E-state index is 11.8. The van der Waals surface area contributed by atoms with E-state index >= 15 is 0 Å². The number of nitrogens with zero attached hydrogens (tertiary/aromatic N) is 1. The number of aromatic nitrogens is 1. The molecule has 0 saturated heterocycles. The predicted molar refractivity (Wildman–Crippen MR) is 81.2 cm³/mol. The summed E-state index contributed by atoms with van der Waals surface area (Å²) in [4.78, 5) is 34.9. The molecule has 4 N–H and O–H groups in total. The van der Waals surface area contributed by atoms with Crippen LogP contribution < -0.4 is 16.4 Å². The third-order valence-corrected chi connectivity index (χ3v) is 3.13. The Hall–Kier alpha value is -2.35. The van der Waals surface area contributed by atoms with Crippen molar-refractivity contribution in [3.8, 4) is 0 Å². The largest absolute Gasteiger partial charge is 0.464 e. The van der Waals surface area contributed by atoms with Crippen LogP contribution in [0.15, 0.2) is 12.3 Å². The Bertz CT molecular complexity index is 565. The topological polar surface area (TPSA) is 115 Å². The maximum Gasteiger partial charge on any atom is 0.354 e. The zero-order valence-electron chi connectivity index (χ0n) is 13.2. The molecule has 0 bridgehead atoms. The number of nitrogens with one attached hydrogen (secondary N) is 2. The summed E-state index contributed by atoms with van der Waals surface area (Å²) in [5.41, 5.74) is 6.42. The monoisotopic (exact) mass is 310 g/mol. The standard InChI is InChI=1S/C14H22N4O4/c1-8(2)12(15)13(20)16-6-11(19)17-9-5-10(14(21)22-4)18(3)7-9/h5,7-8,12H,6,15H2,1-4H3,(H,16,20)(H,17,19)/t12-/m0/s1. The molecule has 0 spiro atoms. The van der Waals surface area contributed by atoms with Crippen LogP contribution in [-0.2, 0) is 21.4 Å². The van der Waals surface area contributed by atoms with E-state index in [1.807, 2.05) is 13.8 Å². The van der Waals surface area contributed by atoms with Crippen molar-refractivity contribution in [2.45, 2.75) is 19.9 Å². The molecule has 8 heteroatoms. The minimum Gasteiger partial charge on any atom is -0.464 e. The highest BCUT2D eigenvalue weighted by molar-refractivity contribution is 5.97. The summed E-state index contributed by atoms with van der Waals surface area (Å²) < 4.78 is 6.16. The molecule has 1 aromatic rings. The fourth-order valence-electron chi connectivity index (χ4n) is 1.73. The van der Waals surface area contributed by atoms with E-state index in [0.717, 1.165) is 0 Å². The molecule has 0 aromatic carbocycles. The van der Waals surface area contributed by atoms with Gasteiger partial charge in [0.05, 0.1) is 25.4 Å². The summed E-state index contributed by atoms with van der Waals surface area (Å²) >= 11 is 0. The lowest BCUT2D eigenvalue weighted by Gasteiger charge is -2.14. The molecule has 8 nitrogen and oxygen atoms in total. The Balaban J connectivity index is 2.56. The van der Waals surface area contributed by atoms with Crippen LogP contribution in [0.4, 0.5) is 5.69 Å². The molecule has 1 heterocycles. The minimum absolute atomic E-state index is 0.0141. The van der Waals surface area contributed by atoms with E-state index < -0.39 is 17.9 Å². The fraction of sp³-hybridized carbons (Fsp3) is 0.500. The van der Waals surface area contributed by atoms with E-state index in [2.05, 4.69) is 15.4 Å². The second kappa shape index (κ2) is 7.60. The normalized spacial score (nSPS) is 11.9. The van der Waals surface area contributed by atoms with Crippen molar-refractivity contribution >= 4 is 23.5 Å². The lowest BCUT2D eigenvalue weighted by atomic mass is 10.1. The highest BCUT2D eigenvalue weighted by Crippen LogP contribution is 2.13. The van der Waals surface area contributed by atoms with E-state index in [0.29, 0.717) is 11.4 Å². The second-order valence-corrected chi connectivity index (χ2v) is 5.25. The average Bonchev–Trinajstić information content (AvgIpc) is 2.83. The first kappa shape index (κ1) is 17.7. The van der Waals surface area contributed by atoms with Crippen molar-refractivity contribution in [1.29, 1.82) is 0 Å². The number of methoxy groups -OCH3 is 1. The lowest BCUT2D eigenvalue weighted by Crippen LogP contribution is -2.46. The van der Waals surface area contributed by atoms with Crippen LogP contribution in [0.2, 0.25) is 0 Å². The number of hydrogen-bond acceptors (Lipinski definition) is 5. The Morgan fingerprint density at radius 1 is 1.36 bits per heavy atom. The number of amides is 2. The van der Waals surface area contributed by atoms with Gasteiger partial charge < -0.3 is 25.7 Å². The van der Waals surface area contributed by atoms with Crippen LogP contribution >= 0.6 is 0 Å². The summed E-state index contributed by atoms with van der Waals surface area (Å²) in [6, 6.07) is 0.834. The molecule has 2 amide bonds. The van der Waals surface area contributed by atoms with Crippen molar-refractivity contribution in [1.82, 2.24) is 9.88 Å². The van der Waals surface area contributed by atoms with Gasteiger partial charge in [0.15, 0.2) is 0 Å². The third-order valence-electron chi connectivity index (χ3n) is 3.13. The Morgan fingerprint density at radius 2 is 2.00 bits per heavy atom. The second-order valence-electron chi connectivity index (χ2n) is 5.25. The van der Waals surface area contributed by atoms with Gasteiger partial charge in [-0.25, -0.2) is 4.79 Å². The minimum atomic E-state index is -0.657. The molecular weight excluding hydrogens is 288 g/mol. The summed E-state index contributed by atoms with van der Waals surface area (Å²) in [5.74, 6) is -1.31. The molecule has 0 aliphatic rings. The van der Waals surface area contributed by atoms with Crippen molar-refractivity contribution < 1.29 is 19.1 Å². The molecule has 22 heavy (non-hydrogen) atoms. The van der Waals surface area contributed by atoms with Gasteiger partial charge in [0.1, 0.15) is 5.69 Å². The molecule has 122 valence electrons. The van der Waals surface area contributed by atoms with Gasteiger partial charge in [-0.3, -0.25) is 9.59 Å². The zero-order valence-corrected chi connectivity index (χ0v) is 13.2. The molecule has 0 aliphatic carbocycles. The lowest BCUT2D eigenvalue weighted by molar-refractivity contribution is -0.125. The fourth-order valence-corrected chi connectivity index (χ4v) is 1.73. The number of carbonyl (C=O) groups is 3. The van der Waals surface area contributed by atoms with Gasteiger partial charge in [0.2, 0.25) is 11.8 Å². The number of rotatable bonds is 6. The SMILES string of the molecule is COC(=O)c1cc(NC(=O)CNC(=O)[C@@H](N)C(C)C)cn1C. The molecule has 0 aliphatic heterocycles. The summed E-state index contributed by atoms with van der Waals surface area (Å²) in [5, 5.41) is 5.05. The summed E-state index contributed by atoms with van der Waals surface area (Å²) in [6.07, 6.45) is 1.58. The smallest absolute Gasteiger partial charge is 0.354 e. The van der Waals surface area contributed by atoms with Crippen LogP contribution in [0.1, 0.15) is 24.3 Å². The maximum absolute atomic E-state index is 11.8. The first-order valence-corrected chi connectivity index (χ1v) is 6.84. The number of anilines is 1. The Labute approximate surface area is 129 Å². The molecule has 1 aromatic heterocycles. The number of esters is 1. The van der Waals surface area contributed by atoms with E-state index in [-0.39, 0.29) is 18.4 Å². The highest BCUT2D eigenvalue weighted by Gasteiger charge is 2.18. The van der Waals surface area contributed by atoms with Crippen LogP contribution in [0.5, 0.6) is 0 Å². The Kier molecular flexibility index (Phi) is 6.11. The predicted octanol–water partition coefficient (Wildman–Crippen LogP) is -0.150.